The molecule has 1 aromatic carbocycles. The lowest BCUT2D eigenvalue weighted by Crippen LogP contribution is -2.29. The summed E-state index contributed by atoms with van der Waals surface area (Å²) in [5.41, 5.74) is 6.84. The van der Waals surface area contributed by atoms with Crippen molar-refractivity contribution in [2.45, 2.75) is 13.8 Å². The minimum atomic E-state index is -0.0594. The van der Waals surface area contributed by atoms with Gasteiger partial charge in [0, 0.05) is 19.2 Å². The fraction of sp³-hybridized carbons (Fsp3) is 0.533. The Bertz CT molecular complexity index is 506. The average molecular weight is 278 g/mol. The highest BCUT2D eigenvalue weighted by Crippen LogP contribution is 2.33. The van der Waals surface area contributed by atoms with Gasteiger partial charge in [-0.2, -0.15) is 0 Å². The van der Waals surface area contributed by atoms with Crippen LogP contribution in [0.5, 0.6) is 11.5 Å². The molecule has 0 aromatic heterocycles. The van der Waals surface area contributed by atoms with Gasteiger partial charge in [-0.25, -0.2) is 0 Å². The number of methoxy groups -OCH3 is 2. The zero-order chi connectivity index (χ0) is 14.9. The Morgan fingerprint density at radius 1 is 1.20 bits per heavy atom. The van der Waals surface area contributed by atoms with Crippen molar-refractivity contribution < 1.29 is 14.3 Å². The summed E-state index contributed by atoms with van der Waals surface area (Å²) in [5.74, 6) is 1.99. The molecule has 2 N–H and O–H groups in total. The first-order valence-electron chi connectivity index (χ1n) is 6.78. The molecular formula is C15H22N2O3. The third-order valence-corrected chi connectivity index (χ3v) is 4.08. The maximum Gasteiger partial charge on any atom is 0.256 e. The van der Waals surface area contributed by atoms with E-state index in [0.717, 1.165) is 13.1 Å². The van der Waals surface area contributed by atoms with Gasteiger partial charge in [-0.15, -0.1) is 0 Å². The lowest BCUT2D eigenvalue weighted by atomic mass is 10.0. The number of nitrogen functional groups attached to an aromatic ring is 1. The van der Waals surface area contributed by atoms with Gasteiger partial charge in [0.1, 0.15) is 11.5 Å². The molecule has 0 aliphatic carbocycles. The molecule has 1 saturated heterocycles. The maximum absolute atomic E-state index is 12.6. The number of nitrogens with zero attached hydrogens (tertiary/aromatic N) is 1. The molecule has 1 heterocycles. The zero-order valence-corrected chi connectivity index (χ0v) is 12.5. The summed E-state index contributed by atoms with van der Waals surface area (Å²) in [5, 5.41) is 0. The number of carbonyl (C=O) groups excluding carboxylic acids is 1. The molecule has 1 aliphatic rings. The van der Waals surface area contributed by atoms with E-state index in [1.165, 1.54) is 7.11 Å². The Kier molecular flexibility index (Phi) is 4.06. The Hall–Kier alpha value is -1.91. The van der Waals surface area contributed by atoms with E-state index in [2.05, 4.69) is 13.8 Å². The Morgan fingerprint density at radius 2 is 1.80 bits per heavy atom. The number of amides is 1. The van der Waals surface area contributed by atoms with Crippen molar-refractivity contribution in [2.75, 3.05) is 33.0 Å². The topological polar surface area (TPSA) is 64.8 Å². The van der Waals surface area contributed by atoms with Crippen LogP contribution in [0.2, 0.25) is 0 Å². The second-order valence-electron chi connectivity index (χ2n) is 5.46. The fourth-order valence-corrected chi connectivity index (χ4v) is 2.53. The smallest absolute Gasteiger partial charge is 0.256 e. The van der Waals surface area contributed by atoms with Gasteiger partial charge in [-0.05, 0) is 17.9 Å². The second-order valence-corrected chi connectivity index (χ2v) is 5.46. The molecule has 1 fully saturated rings. The summed E-state index contributed by atoms with van der Waals surface area (Å²) in [6, 6.07) is 3.36. The van der Waals surface area contributed by atoms with Crippen LogP contribution in [0.1, 0.15) is 24.2 Å². The molecule has 1 aromatic rings. The van der Waals surface area contributed by atoms with Crippen LogP contribution in [0.15, 0.2) is 12.1 Å². The van der Waals surface area contributed by atoms with E-state index in [1.54, 1.807) is 19.2 Å². The number of anilines is 1. The lowest BCUT2D eigenvalue weighted by Gasteiger charge is -2.19. The molecule has 0 saturated carbocycles. The van der Waals surface area contributed by atoms with E-state index in [-0.39, 0.29) is 5.91 Å². The van der Waals surface area contributed by atoms with E-state index < -0.39 is 0 Å². The second kappa shape index (κ2) is 5.61. The van der Waals surface area contributed by atoms with Gasteiger partial charge in [0.2, 0.25) is 0 Å². The quantitative estimate of drug-likeness (QED) is 0.859. The zero-order valence-electron chi connectivity index (χ0n) is 12.5. The first kappa shape index (κ1) is 14.5. The third-order valence-electron chi connectivity index (χ3n) is 4.08. The van der Waals surface area contributed by atoms with Gasteiger partial charge in [0.15, 0.2) is 0 Å². The number of hydrogen-bond donors (Lipinski definition) is 1. The summed E-state index contributed by atoms with van der Waals surface area (Å²) < 4.78 is 10.4. The molecule has 2 unspecified atom stereocenters. The van der Waals surface area contributed by atoms with Crippen LogP contribution < -0.4 is 15.2 Å². The van der Waals surface area contributed by atoms with Crippen molar-refractivity contribution >= 4 is 11.6 Å². The summed E-state index contributed by atoms with van der Waals surface area (Å²) in [4.78, 5) is 14.5. The van der Waals surface area contributed by atoms with Crippen molar-refractivity contribution in [2.24, 2.45) is 11.8 Å². The van der Waals surface area contributed by atoms with E-state index >= 15 is 0 Å². The number of rotatable bonds is 3. The molecule has 0 bridgehead atoms. The molecule has 20 heavy (non-hydrogen) atoms. The van der Waals surface area contributed by atoms with Crippen LogP contribution in [0, 0.1) is 11.8 Å². The standard InChI is InChI=1S/C15H22N2O3/c1-9-7-17(8-10(9)2)15(18)12-5-11(19-3)6-13(20-4)14(12)16/h5-6,9-10H,7-8,16H2,1-4H3. The van der Waals surface area contributed by atoms with Crippen LogP contribution in [0.4, 0.5) is 5.69 Å². The highest BCUT2D eigenvalue weighted by molar-refractivity contribution is 6.01. The van der Waals surface area contributed by atoms with Gasteiger partial charge >= 0.3 is 0 Å². The molecule has 0 spiro atoms. The largest absolute Gasteiger partial charge is 0.497 e. The molecule has 0 radical (unpaired) electrons. The highest BCUT2D eigenvalue weighted by Gasteiger charge is 2.31. The number of ether oxygens (including phenoxy) is 2. The van der Waals surface area contributed by atoms with Crippen molar-refractivity contribution in [3.63, 3.8) is 0 Å². The van der Waals surface area contributed by atoms with Gasteiger partial charge in [0.05, 0.1) is 25.5 Å². The molecule has 2 rings (SSSR count). The summed E-state index contributed by atoms with van der Waals surface area (Å²) in [6.45, 7) is 5.85. The van der Waals surface area contributed by atoms with E-state index in [4.69, 9.17) is 15.2 Å². The molecule has 5 nitrogen and oxygen atoms in total. The number of hydrogen-bond acceptors (Lipinski definition) is 4. The van der Waals surface area contributed by atoms with Crippen molar-refractivity contribution in [3.05, 3.63) is 17.7 Å². The van der Waals surface area contributed by atoms with E-state index in [0.29, 0.717) is 34.6 Å². The number of likely N-dealkylation sites (tertiary alicyclic amines) is 1. The van der Waals surface area contributed by atoms with Crippen LogP contribution in [-0.2, 0) is 0 Å². The monoisotopic (exact) mass is 278 g/mol. The number of benzene rings is 1. The van der Waals surface area contributed by atoms with Gasteiger partial charge in [-0.3, -0.25) is 4.79 Å². The van der Waals surface area contributed by atoms with Crippen molar-refractivity contribution in [1.29, 1.82) is 0 Å². The molecule has 110 valence electrons. The Labute approximate surface area is 119 Å². The van der Waals surface area contributed by atoms with Gasteiger partial charge < -0.3 is 20.1 Å². The average Bonchev–Trinajstić information content (AvgIpc) is 2.78. The SMILES string of the molecule is COc1cc(OC)c(N)c(C(=O)N2CC(C)C(C)C2)c1. The molecule has 2 atom stereocenters. The van der Waals surface area contributed by atoms with Crippen LogP contribution in [0.3, 0.4) is 0 Å². The van der Waals surface area contributed by atoms with E-state index in [1.807, 2.05) is 4.90 Å². The summed E-state index contributed by atoms with van der Waals surface area (Å²) >= 11 is 0. The normalized spacial score (nSPS) is 21.9. The predicted octanol–water partition coefficient (Wildman–Crippen LogP) is 2.01. The number of nitrogens with two attached hydrogens (primary N) is 1. The predicted molar refractivity (Wildman–Crippen MR) is 78.2 cm³/mol. The molecule has 1 aliphatic heterocycles. The van der Waals surface area contributed by atoms with Gasteiger partial charge in [-0.1, -0.05) is 13.8 Å². The first-order valence-corrected chi connectivity index (χ1v) is 6.78. The molecule has 1 amide bonds. The highest BCUT2D eigenvalue weighted by atomic mass is 16.5. The lowest BCUT2D eigenvalue weighted by molar-refractivity contribution is 0.0785. The summed E-state index contributed by atoms with van der Waals surface area (Å²) in [7, 11) is 3.08. The van der Waals surface area contributed by atoms with Gasteiger partial charge in [0.25, 0.3) is 5.91 Å². The van der Waals surface area contributed by atoms with Crippen LogP contribution in [-0.4, -0.2) is 38.1 Å². The third kappa shape index (κ3) is 2.53. The Balaban J connectivity index is 2.34. The van der Waals surface area contributed by atoms with E-state index in [9.17, 15) is 4.79 Å². The first-order chi connectivity index (χ1) is 9.47. The van der Waals surface area contributed by atoms with Crippen molar-refractivity contribution in [3.8, 4) is 11.5 Å². The van der Waals surface area contributed by atoms with Crippen molar-refractivity contribution in [1.82, 2.24) is 4.90 Å². The molecular weight excluding hydrogens is 256 g/mol. The van der Waals surface area contributed by atoms with Crippen LogP contribution in [0.25, 0.3) is 0 Å². The minimum absolute atomic E-state index is 0.0594. The fourth-order valence-electron chi connectivity index (χ4n) is 2.53. The Morgan fingerprint density at radius 3 is 2.30 bits per heavy atom. The maximum atomic E-state index is 12.6. The number of carbonyl (C=O) groups is 1. The minimum Gasteiger partial charge on any atom is -0.497 e. The molecule has 5 heteroatoms. The van der Waals surface area contributed by atoms with Crippen LogP contribution >= 0.6 is 0 Å². The summed E-state index contributed by atoms with van der Waals surface area (Å²) in [6.07, 6.45) is 0.